The van der Waals surface area contributed by atoms with Crippen molar-refractivity contribution in [2.45, 2.75) is 0 Å². The lowest BCUT2D eigenvalue weighted by Crippen LogP contribution is -2.27. The van der Waals surface area contributed by atoms with E-state index in [4.69, 9.17) is 0 Å². The maximum absolute atomic E-state index is 12.9. The zero-order valence-electron chi connectivity index (χ0n) is 13.4. The molecule has 4 rings (SSSR count). The number of carbonyl (C=O) groups is 2. The number of hydrogen-bond donors (Lipinski definition) is 0. The van der Waals surface area contributed by atoms with Crippen molar-refractivity contribution in [3.8, 4) is 12.1 Å². The Kier molecular flexibility index (Phi) is 3.39. The fourth-order valence-corrected chi connectivity index (χ4v) is 3.15. The third kappa shape index (κ3) is 1.97. The monoisotopic (exact) mass is 338 g/mol. The molecular weight excluding hydrogens is 328 g/mol. The summed E-state index contributed by atoms with van der Waals surface area (Å²) in [5.41, 5.74) is 0.984. The van der Waals surface area contributed by atoms with Gasteiger partial charge in [-0.3, -0.25) is 19.4 Å². The third-order valence-electron chi connectivity index (χ3n) is 4.23. The van der Waals surface area contributed by atoms with Crippen molar-refractivity contribution >= 4 is 23.2 Å². The summed E-state index contributed by atoms with van der Waals surface area (Å²) in [7, 11) is 0. The summed E-state index contributed by atoms with van der Waals surface area (Å²) in [6, 6.07) is 21.1. The molecule has 0 unspecified atom stereocenters. The number of hydrogen-bond acceptors (Lipinski definition) is 4. The molecule has 6 heteroatoms. The molecule has 0 spiro atoms. The summed E-state index contributed by atoms with van der Waals surface area (Å²) >= 11 is 0. The highest BCUT2D eigenvalue weighted by atomic mass is 16.2. The standard InChI is InChI=1S/C20H10N4O2/c21-11-15-17-18(24(20(15)26)14-9-5-2-6-10-14)16(12-22)19(25)23(17)13-7-3-1-4-8-13/h1-10H. The van der Waals surface area contributed by atoms with E-state index >= 15 is 0 Å². The second kappa shape index (κ2) is 5.73. The van der Waals surface area contributed by atoms with E-state index in [9.17, 15) is 20.1 Å². The van der Waals surface area contributed by atoms with Crippen LogP contribution in [0.25, 0.3) is 0 Å². The summed E-state index contributed by atoms with van der Waals surface area (Å²) in [4.78, 5) is 28.2. The number of nitrogens with zero attached hydrogens (tertiary/aromatic N) is 4. The molecular formula is C20H10N4O2. The first-order valence-corrected chi connectivity index (χ1v) is 7.77. The minimum absolute atomic E-state index is 0.161. The molecule has 0 fully saturated rings. The molecule has 0 N–H and O–H groups in total. The average Bonchev–Trinajstić information content (AvgIpc) is 3.11. The van der Waals surface area contributed by atoms with Crippen molar-refractivity contribution in [2.75, 3.05) is 9.80 Å². The number of amides is 2. The van der Waals surface area contributed by atoms with Crippen LogP contribution in [0.15, 0.2) is 83.2 Å². The van der Waals surface area contributed by atoms with Gasteiger partial charge in [0.1, 0.15) is 23.3 Å². The van der Waals surface area contributed by atoms with Crippen LogP contribution in [0.4, 0.5) is 11.4 Å². The van der Waals surface area contributed by atoms with Crippen molar-refractivity contribution in [1.82, 2.24) is 0 Å². The van der Waals surface area contributed by atoms with E-state index in [0.29, 0.717) is 11.4 Å². The zero-order chi connectivity index (χ0) is 18.3. The van der Waals surface area contributed by atoms with Crippen molar-refractivity contribution < 1.29 is 9.59 Å². The Morgan fingerprint density at radius 2 is 0.962 bits per heavy atom. The van der Waals surface area contributed by atoms with Crippen molar-refractivity contribution in [3.63, 3.8) is 0 Å². The summed E-state index contributed by atoms with van der Waals surface area (Å²) < 4.78 is 0. The molecule has 122 valence electrons. The van der Waals surface area contributed by atoms with Crippen LogP contribution in [0.3, 0.4) is 0 Å². The van der Waals surface area contributed by atoms with Crippen LogP contribution in [0.5, 0.6) is 0 Å². The lowest BCUT2D eigenvalue weighted by atomic mass is 10.2. The molecule has 0 bridgehead atoms. The molecule has 2 aromatic rings. The fourth-order valence-electron chi connectivity index (χ4n) is 3.15. The van der Waals surface area contributed by atoms with Crippen molar-refractivity contribution in [1.29, 1.82) is 10.5 Å². The second-order valence-corrected chi connectivity index (χ2v) is 5.62. The number of benzene rings is 2. The SMILES string of the molecule is N#CC1=C2C(=C(C#N)C(=O)N2c2ccccc2)N(c2ccccc2)C1=O. The van der Waals surface area contributed by atoms with Crippen molar-refractivity contribution in [3.05, 3.63) is 83.2 Å². The summed E-state index contributed by atoms with van der Waals surface area (Å²) in [5, 5.41) is 19.1. The van der Waals surface area contributed by atoms with Crippen LogP contribution in [0, 0.1) is 22.7 Å². The van der Waals surface area contributed by atoms with Crippen LogP contribution in [-0.2, 0) is 9.59 Å². The van der Waals surface area contributed by atoms with E-state index in [1.165, 1.54) is 9.80 Å². The van der Waals surface area contributed by atoms with Crippen LogP contribution >= 0.6 is 0 Å². The van der Waals surface area contributed by atoms with Crippen LogP contribution in [0.1, 0.15) is 0 Å². The van der Waals surface area contributed by atoms with Gasteiger partial charge in [-0.05, 0) is 24.3 Å². The van der Waals surface area contributed by atoms with Gasteiger partial charge in [0.05, 0.1) is 11.4 Å². The molecule has 2 amide bonds. The predicted molar refractivity (Wildman–Crippen MR) is 93.1 cm³/mol. The number of para-hydroxylation sites is 2. The molecule has 2 aliphatic rings. The average molecular weight is 338 g/mol. The normalized spacial score (nSPS) is 16.1. The van der Waals surface area contributed by atoms with Gasteiger partial charge in [0, 0.05) is 11.4 Å². The Bertz CT molecular complexity index is 997. The van der Waals surface area contributed by atoms with E-state index < -0.39 is 11.8 Å². The predicted octanol–water partition coefficient (Wildman–Crippen LogP) is 2.64. The topological polar surface area (TPSA) is 88.2 Å². The summed E-state index contributed by atoms with van der Waals surface area (Å²) in [5.74, 6) is -1.10. The Morgan fingerprint density at radius 3 is 1.27 bits per heavy atom. The highest BCUT2D eigenvalue weighted by Crippen LogP contribution is 2.44. The fraction of sp³-hybridized carbons (Fsp3) is 0. The summed E-state index contributed by atoms with van der Waals surface area (Å²) in [6.07, 6.45) is 0. The van der Waals surface area contributed by atoms with Gasteiger partial charge < -0.3 is 0 Å². The lowest BCUT2D eigenvalue weighted by Gasteiger charge is -2.19. The van der Waals surface area contributed by atoms with Gasteiger partial charge in [-0.15, -0.1) is 0 Å². The van der Waals surface area contributed by atoms with Gasteiger partial charge in [0.25, 0.3) is 11.8 Å². The third-order valence-corrected chi connectivity index (χ3v) is 4.23. The van der Waals surface area contributed by atoms with Gasteiger partial charge in [-0.25, -0.2) is 0 Å². The molecule has 0 aromatic heterocycles. The largest absolute Gasteiger partial charge is 0.275 e. The molecule has 2 heterocycles. The first-order chi connectivity index (χ1) is 12.7. The van der Waals surface area contributed by atoms with Gasteiger partial charge in [0.2, 0.25) is 0 Å². The molecule has 0 atom stereocenters. The van der Waals surface area contributed by atoms with Crippen LogP contribution in [0.2, 0.25) is 0 Å². The Morgan fingerprint density at radius 1 is 0.615 bits per heavy atom. The lowest BCUT2D eigenvalue weighted by molar-refractivity contribution is -0.114. The molecule has 0 aliphatic carbocycles. The number of nitriles is 2. The second-order valence-electron chi connectivity index (χ2n) is 5.62. The molecule has 0 saturated heterocycles. The Hall–Kier alpha value is -4.16. The minimum atomic E-state index is -0.551. The number of carbonyl (C=O) groups excluding carboxylic acids is 2. The highest BCUT2D eigenvalue weighted by Gasteiger charge is 2.49. The Labute approximate surface area is 149 Å². The first kappa shape index (κ1) is 15.4. The number of fused-ring (bicyclic) bond motifs is 1. The maximum Gasteiger partial charge on any atom is 0.275 e. The Balaban J connectivity index is 1.98. The quantitative estimate of drug-likeness (QED) is 0.842. The molecule has 6 nitrogen and oxygen atoms in total. The highest BCUT2D eigenvalue weighted by molar-refractivity contribution is 6.26. The van der Waals surface area contributed by atoms with Gasteiger partial charge in [0.15, 0.2) is 0 Å². The van der Waals surface area contributed by atoms with E-state index in [1.54, 1.807) is 60.7 Å². The minimum Gasteiger partial charge on any atom is -0.273 e. The van der Waals surface area contributed by atoms with Crippen LogP contribution in [-0.4, -0.2) is 11.8 Å². The van der Waals surface area contributed by atoms with E-state index in [1.807, 2.05) is 12.1 Å². The molecule has 2 aromatic carbocycles. The van der Waals surface area contributed by atoms with Gasteiger partial charge in [-0.1, -0.05) is 36.4 Å². The summed E-state index contributed by atoms with van der Waals surface area (Å²) in [6.45, 7) is 0. The van der Waals surface area contributed by atoms with Crippen LogP contribution < -0.4 is 9.80 Å². The van der Waals surface area contributed by atoms with Gasteiger partial charge >= 0.3 is 0 Å². The molecule has 2 aliphatic heterocycles. The maximum atomic E-state index is 12.9. The molecule has 0 saturated carbocycles. The van der Waals surface area contributed by atoms with Gasteiger partial charge in [-0.2, -0.15) is 10.5 Å². The van der Waals surface area contributed by atoms with Crippen molar-refractivity contribution in [2.24, 2.45) is 0 Å². The molecule has 0 radical (unpaired) electrons. The number of anilines is 2. The smallest absolute Gasteiger partial charge is 0.273 e. The zero-order valence-corrected chi connectivity index (χ0v) is 13.4. The van der Waals surface area contributed by atoms with E-state index in [0.717, 1.165) is 0 Å². The molecule has 26 heavy (non-hydrogen) atoms. The van der Waals surface area contributed by atoms with E-state index in [-0.39, 0.29) is 22.5 Å². The number of rotatable bonds is 2. The first-order valence-electron chi connectivity index (χ1n) is 7.77. The van der Waals surface area contributed by atoms with E-state index in [2.05, 4.69) is 0 Å².